The quantitative estimate of drug-likeness (QED) is 0.523. The van der Waals surface area contributed by atoms with Crippen molar-refractivity contribution in [2.24, 2.45) is 0 Å². The van der Waals surface area contributed by atoms with Crippen molar-refractivity contribution in [1.82, 2.24) is 0 Å². The van der Waals surface area contributed by atoms with E-state index < -0.39 is 11.1 Å². The number of rotatable bonds is 1. The van der Waals surface area contributed by atoms with E-state index in [9.17, 15) is 4.21 Å². The average Bonchev–Trinajstić information content (AvgIpc) is 2.35. The number of hydrogen-bond donors (Lipinski definition) is 1. The smallest absolute Gasteiger partial charge is 0.186 e. The highest BCUT2D eigenvalue weighted by Crippen LogP contribution is 2.24. The van der Waals surface area contributed by atoms with E-state index in [4.69, 9.17) is 4.55 Å². The van der Waals surface area contributed by atoms with Gasteiger partial charge in [0.25, 0.3) is 0 Å². The van der Waals surface area contributed by atoms with Crippen LogP contribution in [0.5, 0.6) is 0 Å². The predicted octanol–water partition coefficient (Wildman–Crippen LogP) is 3.57. The summed E-state index contributed by atoms with van der Waals surface area (Å²) in [7, 11) is 0. The van der Waals surface area contributed by atoms with Crippen LogP contribution in [-0.2, 0) is 11.1 Å². The molecule has 0 bridgehead atoms. The second-order valence-corrected chi connectivity index (χ2v) is 4.93. The molecule has 0 aromatic heterocycles. The molecule has 0 radical (unpaired) electrons. The topological polar surface area (TPSA) is 37.3 Å². The molecule has 0 aliphatic rings. The molecule has 84 valence electrons. The first kappa shape index (κ1) is 10.4. The summed E-state index contributed by atoms with van der Waals surface area (Å²) < 4.78 is 20.1. The molecule has 3 aromatic rings. The van der Waals surface area contributed by atoms with Crippen LogP contribution in [0.15, 0.2) is 59.5 Å². The number of fused-ring (bicyclic) bond motifs is 2. The normalized spacial score (nSPS) is 13.0. The largest absolute Gasteiger partial charge is 0.302 e. The lowest BCUT2D eigenvalue weighted by molar-refractivity contribution is 0.564. The highest BCUT2D eigenvalue weighted by atomic mass is 32.2. The lowest BCUT2D eigenvalue weighted by atomic mass is 10.0. The summed E-state index contributed by atoms with van der Waals surface area (Å²) in [4.78, 5) is 0.438. The molecule has 0 spiro atoms. The predicted molar refractivity (Wildman–Crippen MR) is 70.5 cm³/mol. The highest BCUT2D eigenvalue weighted by Gasteiger charge is 2.02. The second kappa shape index (κ2) is 3.95. The van der Waals surface area contributed by atoms with Crippen molar-refractivity contribution in [2.75, 3.05) is 0 Å². The molecular weight excluding hydrogens is 232 g/mol. The summed E-state index contributed by atoms with van der Waals surface area (Å²) in [5.74, 6) is 0. The van der Waals surface area contributed by atoms with E-state index in [0.29, 0.717) is 4.90 Å². The van der Waals surface area contributed by atoms with Gasteiger partial charge in [-0.1, -0.05) is 30.3 Å². The fourth-order valence-electron chi connectivity index (χ4n) is 2.03. The van der Waals surface area contributed by atoms with Gasteiger partial charge in [0.1, 0.15) is 0 Å². The van der Waals surface area contributed by atoms with Crippen molar-refractivity contribution in [3.63, 3.8) is 0 Å². The number of hydrogen-bond acceptors (Lipinski definition) is 1. The van der Waals surface area contributed by atoms with E-state index in [-0.39, 0.29) is 0 Å². The van der Waals surface area contributed by atoms with Gasteiger partial charge in [-0.25, -0.2) is 4.21 Å². The van der Waals surface area contributed by atoms with Gasteiger partial charge in [0, 0.05) is 0 Å². The van der Waals surface area contributed by atoms with Gasteiger partial charge in [-0.15, -0.1) is 0 Å². The van der Waals surface area contributed by atoms with Gasteiger partial charge >= 0.3 is 0 Å². The zero-order chi connectivity index (χ0) is 11.8. The van der Waals surface area contributed by atoms with Crippen LogP contribution in [0.1, 0.15) is 0 Å². The molecule has 1 unspecified atom stereocenters. The third-order valence-corrected chi connectivity index (χ3v) is 3.54. The molecule has 2 nitrogen and oxygen atoms in total. The molecule has 0 heterocycles. The van der Waals surface area contributed by atoms with Gasteiger partial charge in [-0.2, -0.15) is 0 Å². The third-order valence-electron chi connectivity index (χ3n) is 2.88. The minimum absolute atomic E-state index is 0.438. The Balaban J connectivity index is 2.36. The Kier molecular flexibility index (Phi) is 2.42. The zero-order valence-corrected chi connectivity index (χ0v) is 9.78. The summed E-state index contributed by atoms with van der Waals surface area (Å²) >= 11 is -1.92. The summed E-state index contributed by atoms with van der Waals surface area (Å²) in [6.07, 6.45) is 0. The summed E-state index contributed by atoms with van der Waals surface area (Å²) in [6.45, 7) is 0. The molecule has 3 rings (SSSR count). The molecule has 17 heavy (non-hydrogen) atoms. The van der Waals surface area contributed by atoms with Crippen LogP contribution >= 0.6 is 0 Å². The lowest BCUT2D eigenvalue weighted by Crippen LogP contribution is -1.87. The first-order chi connectivity index (χ1) is 8.24. The van der Waals surface area contributed by atoms with Crippen LogP contribution in [0.2, 0.25) is 0 Å². The molecule has 1 N–H and O–H groups in total. The van der Waals surface area contributed by atoms with E-state index in [2.05, 4.69) is 12.1 Å². The standard InChI is InChI=1S/C14H10O2S/c15-17(16)14-6-5-12-7-10-3-1-2-4-11(10)8-13(12)9-14/h1-9H,(H,15,16). The van der Waals surface area contributed by atoms with E-state index in [0.717, 1.165) is 16.2 Å². The van der Waals surface area contributed by atoms with Crippen molar-refractivity contribution in [3.05, 3.63) is 54.6 Å². The van der Waals surface area contributed by atoms with E-state index in [1.54, 1.807) is 12.1 Å². The zero-order valence-electron chi connectivity index (χ0n) is 8.96. The molecule has 0 saturated carbocycles. The maximum Gasteiger partial charge on any atom is 0.186 e. The van der Waals surface area contributed by atoms with Crippen LogP contribution in [0.4, 0.5) is 0 Å². The lowest BCUT2D eigenvalue weighted by Gasteiger charge is -2.03. The Bertz CT molecular complexity index is 734. The summed E-state index contributed by atoms with van der Waals surface area (Å²) in [5.41, 5.74) is 0. The van der Waals surface area contributed by atoms with Crippen LogP contribution in [0.25, 0.3) is 21.5 Å². The molecule has 0 aliphatic heterocycles. The average molecular weight is 242 g/mol. The third kappa shape index (κ3) is 1.84. The maximum atomic E-state index is 11.0. The van der Waals surface area contributed by atoms with Crippen molar-refractivity contribution in [1.29, 1.82) is 0 Å². The van der Waals surface area contributed by atoms with Crippen LogP contribution in [0.3, 0.4) is 0 Å². The van der Waals surface area contributed by atoms with Gasteiger partial charge in [-0.05, 0) is 45.8 Å². The van der Waals surface area contributed by atoms with Crippen molar-refractivity contribution in [3.8, 4) is 0 Å². The Morgan fingerprint density at radius 3 is 2.00 bits per heavy atom. The highest BCUT2D eigenvalue weighted by molar-refractivity contribution is 7.79. The van der Waals surface area contributed by atoms with E-state index >= 15 is 0 Å². The fraction of sp³-hybridized carbons (Fsp3) is 0. The molecule has 3 aromatic carbocycles. The first-order valence-electron chi connectivity index (χ1n) is 5.27. The van der Waals surface area contributed by atoms with Crippen molar-refractivity contribution < 1.29 is 8.76 Å². The fourth-order valence-corrected chi connectivity index (χ4v) is 2.44. The molecule has 0 amide bonds. The molecule has 0 aliphatic carbocycles. The van der Waals surface area contributed by atoms with Crippen LogP contribution in [-0.4, -0.2) is 8.76 Å². The minimum Gasteiger partial charge on any atom is -0.302 e. The monoisotopic (exact) mass is 242 g/mol. The molecule has 3 heteroatoms. The second-order valence-electron chi connectivity index (χ2n) is 3.96. The van der Waals surface area contributed by atoms with E-state index in [1.165, 1.54) is 5.39 Å². The van der Waals surface area contributed by atoms with Crippen LogP contribution in [0, 0.1) is 0 Å². The molecular formula is C14H10O2S. The summed E-state index contributed by atoms with van der Waals surface area (Å²) in [5, 5.41) is 4.39. The van der Waals surface area contributed by atoms with Gasteiger partial charge in [0.05, 0.1) is 4.90 Å². The minimum atomic E-state index is -1.92. The SMILES string of the molecule is O=S(O)c1ccc2cc3ccccc3cc2c1. The number of benzene rings is 3. The summed E-state index contributed by atoms with van der Waals surface area (Å²) in [6, 6.07) is 17.6. The molecule has 0 fully saturated rings. The first-order valence-corrected chi connectivity index (χ1v) is 6.38. The Hall–Kier alpha value is -1.71. The Morgan fingerprint density at radius 1 is 0.765 bits per heavy atom. The Morgan fingerprint density at radius 2 is 1.35 bits per heavy atom. The molecule has 1 atom stereocenters. The van der Waals surface area contributed by atoms with Gasteiger partial charge in [-0.3, -0.25) is 0 Å². The Labute approximate surface area is 101 Å². The van der Waals surface area contributed by atoms with E-state index in [1.807, 2.05) is 30.3 Å². The van der Waals surface area contributed by atoms with Gasteiger partial charge in [0.15, 0.2) is 11.1 Å². The van der Waals surface area contributed by atoms with Gasteiger partial charge < -0.3 is 4.55 Å². The van der Waals surface area contributed by atoms with Crippen LogP contribution < -0.4 is 0 Å². The maximum absolute atomic E-state index is 11.0. The van der Waals surface area contributed by atoms with Crippen molar-refractivity contribution >= 4 is 32.6 Å². The molecule has 0 saturated heterocycles. The van der Waals surface area contributed by atoms with Crippen molar-refractivity contribution in [2.45, 2.75) is 4.90 Å². The van der Waals surface area contributed by atoms with Gasteiger partial charge in [0.2, 0.25) is 0 Å².